The molecule has 2 rings (SSSR count). The summed E-state index contributed by atoms with van der Waals surface area (Å²) in [4.78, 5) is 13.5. The van der Waals surface area contributed by atoms with Gasteiger partial charge in [-0.15, -0.1) is 8.80 Å². The van der Waals surface area contributed by atoms with Crippen molar-refractivity contribution in [3.8, 4) is 5.75 Å². The molecule has 0 aromatic heterocycles. The fraction of sp³-hybridized carbons (Fsp3) is 0.348. The number of nitrogens with one attached hydrogen (secondary N) is 2. The van der Waals surface area contributed by atoms with Crippen LogP contribution in [0.1, 0.15) is 38.1 Å². The van der Waals surface area contributed by atoms with Crippen LogP contribution in [0.2, 0.25) is 0 Å². The van der Waals surface area contributed by atoms with Crippen molar-refractivity contribution >= 4 is 34.4 Å². The maximum atomic E-state index is 12.2. The zero-order chi connectivity index (χ0) is 24.3. The molecule has 1 amide bonds. The van der Waals surface area contributed by atoms with Gasteiger partial charge in [-0.3, -0.25) is 4.79 Å². The molecule has 0 fully saturated rings. The van der Waals surface area contributed by atoms with E-state index in [0.717, 1.165) is 11.5 Å². The summed E-state index contributed by atoms with van der Waals surface area (Å²) in [5.74, 6) is 0.755. The summed E-state index contributed by atoms with van der Waals surface area (Å²) in [6.45, 7) is 12.7. The molecular weight excluding hydrogens is 426 g/mol. The number of carbonyl (C=O) groups is 1. The lowest BCUT2D eigenvalue weighted by Crippen LogP contribution is -2.35. The molecule has 174 valence electrons. The molecule has 8 nitrogen and oxygen atoms in total. The average Bonchev–Trinajstić information content (AvgIpc) is 3.06. The van der Waals surface area contributed by atoms with Gasteiger partial charge in [-0.25, -0.2) is 4.21 Å². The van der Waals surface area contributed by atoms with Gasteiger partial charge in [0.2, 0.25) is 0 Å². The van der Waals surface area contributed by atoms with Gasteiger partial charge in [0.1, 0.15) is 0 Å². The molecule has 0 saturated heterocycles. The van der Waals surface area contributed by atoms with Crippen molar-refractivity contribution in [3.63, 3.8) is 0 Å². The number of amides is 1. The van der Waals surface area contributed by atoms with Crippen molar-refractivity contribution in [2.75, 3.05) is 26.0 Å². The van der Waals surface area contributed by atoms with E-state index in [9.17, 15) is 14.1 Å². The Kier molecular flexibility index (Phi) is 11.1. The first-order chi connectivity index (χ1) is 15.1. The van der Waals surface area contributed by atoms with E-state index in [-0.39, 0.29) is 34.6 Å². The van der Waals surface area contributed by atoms with Crippen molar-refractivity contribution in [3.05, 3.63) is 60.2 Å². The van der Waals surface area contributed by atoms with Gasteiger partial charge >= 0.3 is 0 Å². The van der Waals surface area contributed by atoms with Crippen LogP contribution in [0.3, 0.4) is 0 Å². The van der Waals surface area contributed by atoms with E-state index in [1.165, 1.54) is 11.0 Å². The second-order valence-electron chi connectivity index (χ2n) is 7.77. The first-order valence-corrected chi connectivity index (χ1v) is 11.2. The molecule has 1 aliphatic rings. The predicted octanol–water partition coefficient (Wildman–Crippen LogP) is 3.84. The quantitative estimate of drug-likeness (QED) is 0.443. The number of allylic oxidation sites excluding steroid dienone is 3. The van der Waals surface area contributed by atoms with Crippen LogP contribution in [0.4, 0.5) is 5.69 Å². The summed E-state index contributed by atoms with van der Waals surface area (Å²) in [6.07, 6.45) is 7.48. The summed E-state index contributed by atoms with van der Waals surface area (Å²) < 4.78 is 19.6. The second kappa shape index (κ2) is 13.3. The number of phenols is 1. The molecule has 3 N–H and O–H groups in total. The number of hydrogen-bond acceptors (Lipinski definition) is 5. The molecule has 1 heterocycles. The monoisotopic (exact) mass is 459 g/mol. The Balaban J connectivity index is 0.00000118. The summed E-state index contributed by atoms with van der Waals surface area (Å²) in [5.41, 5.74) is 1.19. The lowest BCUT2D eigenvalue weighted by Gasteiger charge is -2.15. The molecule has 0 radical (unpaired) electrons. The Bertz CT molecular complexity index is 960. The van der Waals surface area contributed by atoms with Gasteiger partial charge in [-0.2, -0.15) is 0 Å². The number of phenolic OH excluding ortho intramolecular Hbond substituents is 1. The summed E-state index contributed by atoms with van der Waals surface area (Å²) >= 11 is -1.77. The molecule has 1 aromatic carbocycles. The zero-order valence-corrected chi connectivity index (χ0v) is 20.4. The van der Waals surface area contributed by atoms with Crippen LogP contribution in [-0.4, -0.2) is 52.4 Å². The van der Waals surface area contributed by atoms with Crippen LogP contribution in [0, 0.1) is 5.92 Å². The van der Waals surface area contributed by atoms with Crippen molar-refractivity contribution < 1.29 is 14.1 Å². The minimum absolute atomic E-state index is 0.142. The number of anilines is 1. The lowest BCUT2D eigenvalue weighted by atomic mass is 10.1. The summed E-state index contributed by atoms with van der Waals surface area (Å²) in [7, 11) is 3.19. The van der Waals surface area contributed by atoms with Crippen LogP contribution in [0.15, 0.2) is 63.5 Å². The predicted molar refractivity (Wildman–Crippen MR) is 134 cm³/mol. The number of aromatic hydroxyl groups is 1. The smallest absolute Gasteiger partial charge is 0.269 e. The Morgan fingerprint density at radius 3 is 2.44 bits per heavy atom. The Hall–Kier alpha value is -3.20. The van der Waals surface area contributed by atoms with Gasteiger partial charge < -0.3 is 20.6 Å². The number of benzene rings is 1. The minimum Gasteiger partial charge on any atom is -0.505 e. The van der Waals surface area contributed by atoms with E-state index in [1.54, 1.807) is 26.2 Å². The maximum Gasteiger partial charge on any atom is 0.269 e. The first kappa shape index (κ1) is 26.8. The third-order valence-corrected chi connectivity index (χ3v) is 4.28. The highest BCUT2D eigenvalue weighted by Crippen LogP contribution is 2.28. The highest BCUT2D eigenvalue weighted by molar-refractivity contribution is 7.83. The Labute approximate surface area is 193 Å². The van der Waals surface area contributed by atoms with E-state index >= 15 is 0 Å². The third kappa shape index (κ3) is 8.89. The van der Waals surface area contributed by atoms with Gasteiger partial charge in [0.25, 0.3) is 17.1 Å². The minimum atomic E-state index is -1.77. The van der Waals surface area contributed by atoms with Crippen molar-refractivity contribution in [1.29, 1.82) is 0 Å². The summed E-state index contributed by atoms with van der Waals surface area (Å²) in [6, 6.07) is 4.73. The Morgan fingerprint density at radius 2 is 1.84 bits per heavy atom. The van der Waals surface area contributed by atoms with Gasteiger partial charge in [-0.05, 0) is 30.5 Å². The molecule has 0 spiro atoms. The maximum absolute atomic E-state index is 12.2. The third-order valence-electron chi connectivity index (χ3n) is 3.61. The molecule has 9 heteroatoms. The largest absolute Gasteiger partial charge is 0.505 e. The molecular formula is C23H33N5O3S. The number of amidine groups is 2. The average molecular weight is 460 g/mol. The number of para-hydroxylation sites is 1. The second-order valence-corrected chi connectivity index (χ2v) is 8.59. The molecule has 1 aromatic rings. The van der Waals surface area contributed by atoms with Gasteiger partial charge in [0, 0.05) is 20.6 Å². The van der Waals surface area contributed by atoms with Crippen LogP contribution < -0.4 is 10.6 Å². The number of carbonyl (C=O) groups excluding carboxylic acids is 1. The molecule has 32 heavy (non-hydrogen) atoms. The molecule has 0 saturated carbocycles. The summed E-state index contributed by atoms with van der Waals surface area (Å²) in [5, 5.41) is 16.3. The number of nitrogens with zero attached hydrogens (tertiary/aromatic N) is 3. The fourth-order valence-electron chi connectivity index (χ4n) is 2.21. The van der Waals surface area contributed by atoms with Crippen LogP contribution in [-0.2, 0) is 11.2 Å². The van der Waals surface area contributed by atoms with E-state index in [2.05, 4.69) is 46.8 Å². The van der Waals surface area contributed by atoms with Crippen molar-refractivity contribution in [2.45, 2.75) is 27.7 Å². The topological polar surface area (TPSA) is 106 Å². The normalized spacial score (nSPS) is 15.3. The van der Waals surface area contributed by atoms with Crippen LogP contribution >= 0.6 is 0 Å². The zero-order valence-electron chi connectivity index (χ0n) is 19.5. The van der Waals surface area contributed by atoms with Crippen molar-refractivity contribution in [2.24, 2.45) is 14.7 Å². The number of hydrogen-bond donors (Lipinski definition) is 3. The Morgan fingerprint density at radius 1 is 1.22 bits per heavy atom. The van der Waals surface area contributed by atoms with Gasteiger partial charge in [-0.1, -0.05) is 57.7 Å². The van der Waals surface area contributed by atoms with E-state index < -0.39 is 11.2 Å². The molecule has 0 aliphatic carbocycles. The van der Waals surface area contributed by atoms with Gasteiger partial charge in [0.05, 0.1) is 11.3 Å². The van der Waals surface area contributed by atoms with Crippen molar-refractivity contribution in [1.82, 2.24) is 10.2 Å². The molecule has 1 atom stereocenters. The SMILES string of the molecule is C=C(/C=C\C=C/C)CNC1=NS(=O)N=C1Nc1cccc(C(=O)N(C)C)c1O.CC(C)C. The highest BCUT2D eigenvalue weighted by atomic mass is 32.2. The molecule has 1 aliphatic heterocycles. The lowest BCUT2D eigenvalue weighted by molar-refractivity contribution is 0.0824. The molecule has 1 unspecified atom stereocenters. The fourth-order valence-corrected chi connectivity index (χ4v) is 2.84. The highest BCUT2D eigenvalue weighted by Gasteiger charge is 2.22. The van der Waals surface area contributed by atoms with E-state index in [4.69, 9.17) is 0 Å². The first-order valence-electron chi connectivity index (χ1n) is 10.2. The standard InChI is InChI=1S/C19H23N5O3S.C4H10/c1-5-6-7-9-13(2)12-20-17-18(23-28(27)22-17)21-15-11-8-10-14(16(15)25)19(26)24(3)4;1-4(2)3/h5-11,25H,2,12H2,1,3-4H3,(H,20,22)(H,21,23);4H,1-3H3/b6-5-,9-7-;. The van der Waals surface area contributed by atoms with E-state index in [0.29, 0.717) is 6.54 Å². The van der Waals surface area contributed by atoms with Crippen LogP contribution in [0.25, 0.3) is 0 Å². The van der Waals surface area contributed by atoms with Gasteiger partial charge in [0.15, 0.2) is 17.4 Å². The number of rotatable bonds is 6. The molecule has 0 bridgehead atoms. The van der Waals surface area contributed by atoms with E-state index in [1.807, 2.05) is 31.2 Å². The van der Waals surface area contributed by atoms with Crippen LogP contribution in [0.5, 0.6) is 5.75 Å².